The lowest BCUT2D eigenvalue weighted by molar-refractivity contribution is 0.112. The molecule has 116 valence electrons. The van der Waals surface area contributed by atoms with Crippen molar-refractivity contribution in [2.24, 2.45) is 0 Å². The van der Waals surface area contributed by atoms with Crippen molar-refractivity contribution in [1.29, 1.82) is 0 Å². The highest BCUT2D eigenvalue weighted by atomic mass is 32.1. The lowest BCUT2D eigenvalue weighted by Gasteiger charge is -2.17. The molecule has 1 N–H and O–H groups in total. The van der Waals surface area contributed by atoms with E-state index in [-0.39, 0.29) is 0 Å². The quantitative estimate of drug-likeness (QED) is 0.731. The Bertz CT molecular complexity index is 776. The van der Waals surface area contributed by atoms with Gasteiger partial charge < -0.3 is 5.11 Å². The van der Waals surface area contributed by atoms with Crippen LogP contribution in [-0.4, -0.2) is 15.1 Å². The van der Waals surface area contributed by atoms with Gasteiger partial charge in [-0.15, -0.1) is 0 Å². The molecule has 0 fully saturated rings. The minimum atomic E-state index is -0.919. The summed E-state index contributed by atoms with van der Waals surface area (Å²) in [5.41, 5.74) is 2.24. The molecule has 0 saturated heterocycles. The number of aliphatic hydroxyl groups is 1. The van der Waals surface area contributed by atoms with E-state index in [0.29, 0.717) is 6.42 Å². The van der Waals surface area contributed by atoms with Crippen LogP contribution in [0.2, 0.25) is 0 Å². The van der Waals surface area contributed by atoms with Gasteiger partial charge in [-0.1, -0.05) is 72.8 Å². The van der Waals surface area contributed by atoms with Crippen molar-refractivity contribution in [3.8, 4) is 10.4 Å². The van der Waals surface area contributed by atoms with E-state index in [4.69, 9.17) is 0 Å². The Morgan fingerprint density at radius 3 is 2.39 bits per heavy atom. The average molecular weight is 321 g/mol. The van der Waals surface area contributed by atoms with E-state index in [1.807, 2.05) is 67.6 Å². The van der Waals surface area contributed by atoms with Crippen molar-refractivity contribution in [2.75, 3.05) is 0 Å². The molecule has 0 radical (unpaired) electrons. The van der Waals surface area contributed by atoms with E-state index in [9.17, 15) is 5.11 Å². The summed E-state index contributed by atoms with van der Waals surface area (Å²) in [7, 11) is 0. The average Bonchev–Trinajstić information content (AvgIpc) is 3.03. The molecule has 3 rings (SSSR count). The third kappa shape index (κ3) is 4.38. The van der Waals surface area contributed by atoms with E-state index in [2.05, 4.69) is 22.6 Å². The summed E-state index contributed by atoms with van der Waals surface area (Å²) in [5.74, 6) is 0. The molecule has 1 atom stereocenters. The highest BCUT2D eigenvalue weighted by Gasteiger charge is 2.19. The van der Waals surface area contributed by atoms with Crippen LogP contribution < -0.4 is 0 Å². The lowest BCUT2D eigenvalue weighted by Crippen LogP contribution is -2.24. The molecule has 0 aliphatic heterocycles. The molecule has 2 aromatic carbocycles. The first-order valence-corrected chi connectivity index (χ1v) is 8.37. The third-order valence-electron chi connectivity index (χ3n) is 3.59. The molecule has 0 aliphatic carbocycles. The van der Waals surface area contributed by atoms with E-state index in [1.165, 1.54) is 11.5 Å². The predicted octanol–water partition coefficient (Wildman–Crippen LogP) is 4.82. The normalized spacial score (nSPS) is 14.0. The van der Waals surface area contributed by atoms with Gasteiger partial charge in [-0.05, 0) is 35.6 Å². The van der Waals surface area contributed by atoms with E-state index in [0.717, 1.165) is 21.7 Å². The summed E-state index contributed by atoms with van der Waals surface area (Å²) in [6, 6.07) is 22.2. The molecule has 23 heavy (non-hydrogen) atoms. The summed E-state index contributed by atoms with van der Waals surface area (Å²) in [6.07, 6.45) is 4.29. The Morgan fingerprint density at radius 1 is 1.04 bits per heavy atom. The van der Waals surface area contributed by atoms with Crippen molar-refractivity contribution in [2.45, 2.75) is 18.9 Å². The monoisotopic (exact) mass is 321 g/mol. The maximum absolute atomic E-state index is 10.6. The second-order valence-electron chi connectivity index (χ2n) is 5.83. The maximum atomic E-state index is 10.6. The molecule has 0 bridgehead atoms. The Kier molecular flexibility index (Phi) is 4.70. The first-order chi connectivity index (χ1) is 11.1. The van der Waals surface area contributed by atoms with Crippen molar-refractivity contribution >= 4 is 17.6 Å². The highest BCUT2D eigenvalue weighted by Crippen LogP contribution is 2.26. The molecular weight excluding hydrogens is 302 g/mol. The number of aromatic nitrogens is 1. The molecular formula is C20H19NOS. The molecule has 0 spiro atoms. The fourth-order valence-corrected chi connectivity index (χ4v) is 3.16. The van der Waals surface area contributed by atoms with Gasteiger partial charge >= 0.3 is 0 Å². The zero-order valence-electron chi connectivity index (χ0n) is 13.0. The van der Waals surface area contributed by atoms with Gasteiger partial charge in [-0.25, -0.2) is 0 Å². The van der Waals surface area contributed by atoms with Gasteiger partial charge in [-0.3, -0.25) is 0 Å². The van der Waals surface area contributed by atoms with Crippen LogP contribution in [0, 0.1) is 0 Å². The molecule has 1 aromatic heterocycles. The Labute approximate surface area is 140 Å². The Hall–Kier alpha value is -2.23. The van der Waals surface area contributed by atoms with Crippen LogP contribution in [0.1, 0.15) is 18.2 Å². The largest absolute Gasteiger partial charge is 0.386 e. The molecule has 0 aliphatic rings. The molecule has 2 nitrogen and oxygen atoms in total. The lowest BCUT2D eigenvalue weighted by atomic mass is 9.98. The van der Waals surface area contributed by atoms with Gasteiger partial charge in [0, 0.05) is 6.42 Å². The van der Waals surface area contributed by atoms with E-state index >= 15 is 0 Å². The summed E-state index contributed by atoms with van der Waals surface area (Å²) >= 11 is 1.47. The minimum absolute atomic E-state index is 0.500. The fourth-order valence-electron chi connectivity index (χ4n) is 2.40. The summed E-state index contributed by atoms with van der Waals surface area (Å²) in [4.78, 5) is 1.13. The summed E-state index contributed by atoms with van der Waals surface area (Å²) in [5, 5.41) is 10.6. The van der Waals surface area contributed by atoms with Gasteiger partial charge in [0.15, 0.2) is 0 Å². The first-order valence-electron chi connectivity index (χ1n) is 7.60. The van der Waals surface area contributed by atoms with Crippen molar-refractivity contribution in [3.05, 3.63) is 84.1 Å². The second kappa shape index (κ2) is 6.90. The smallest absolute Gasteiger partial charge is 0.0858 e. The van der Waals surface area contributed by atoms with Crippen LogP contribution in [-0.2, 0) is 6.42 Å². The molecule has 1 heterocycles. The van der Waals surface area contributed by atoms with Gasteiger partial charge in [0.2, 0.25) is 0 Å². The Morgan fingerprint density at radius 2 is 1.70 bits per heavy atom. The fraction of sp³-hybridized carbons (Fsp3) is 0.150. The standard InChI is InChI=1S/C20H19NOS/c1-20(22,13-12-16-8-4-2-5-9-16)15-18-14-19(23-21-18)17-10-6-3-7-11-17/h2-14,22H,15H2,1H3/b13-12+. The predicted molar refractivity (Wildman–Crippen MR) is 97.4 cm³/mol. The zero-order chi connectivity index (χ0) is 16.1. The third-order valence-corrected chi connectivity index (χ3v) is 4.47. The maximum Gasteiger partial charge on any atom is 0.0858 e. The van der Waals surface area contributed by atoms with Gasteiger partial charge in [0.1, 0.15) is 0 Å². The van der Waals surface area contributed by atoms with Crippen LogP contribution in [0.4, 0.5) is 0 Å². The molecule has 3 aromatic rings. The van der Waals surface area contributed by atoms with Crippen LogP contribution in [0.3, 0.4) is 0 Å². The molecule has 0 saturated carbocycles. The number of hydrogen-bond donors (Lipinski definition) is 1. The Balaban J connectivity index is 1.71. The number of rotatable bonds is 5. The first kappa shape index (κ1) is 15.7. The molecule has 3 heteroatoms. The molecule has 0 amide bonds. The topological polar surface area (TPSA) is 33.1 Å². The van der Waals surface area contributed by atoms with Crippen LogP contribution in [0.5, 0.6) is 0 Å². The summed E-state index contributed by atoms with van der Waals surface area (Å²) in [6.45, 7) is 1.81. The second-order valence-corrected chi connectivity index (χ2v) is 6.63. The van der Waals surface area contributed by atoms with Gasteiger partial charge in [0.05, 0.1) is 16.2 Å². The van der Waals surface area contributed by atoms with Crippen LogP contribution in [0.25, 0.3) is 16.5 Å². The van der Waals surface area contributed by atoms with Crippen molar-refractivity contribution < 1.29 is 5.11 Å². The van der Waals surface area contributed by atoms with Crippen LogP contribution in [0.15, 0.2) is 72.8 Å². The van der Waals surface area contributed by atoms with Crippen LogP contribution >= 0.6 is 11.5 Å². The van der Waals surface area contributed by atoms with Gasteiger partial charge in [-0.2, -0.15) is 4.37 Å². The van der Waals surface area contributed by atoms with Crippen molar-refractivity contribution in [1.82, 2.24) is 4.37 Å². The van der Waals surface area contributed by atoms with E-state index < -0.39 is 5.60 Å². The number of nitrogens with zero attached hydrogens (tertiary/aromatic N) is 1. The van der Waals surface area contributed by atoms with Gasteiger partial charge in [0.25, 0.3) is 0 Å². The van der Waals surface area contributed by atoms with E-state index in [1.54, 1.807) is 0 Å². The SMILES string of the molecule is CC(O)(/C=C/c1ccccc1)Cc1cc(-c2ccccc2)sn1. The summed E-state index contributed by atoms with van der Waals surface area (Å²) < 4.78 is 4.48. The number of hydrogen-bond acceptors (Lipinski definition) is 3. The number of benzene rings is 2. The highest BCUT2D eigenvalue weighted by molar-refractivity contribution is 7.09. The van der Waals surface area contributed by atoms with Crippen molar-refractivity contribution in [3.63, 3.8) is 0 Å². The molecule has 1 unspecified atom stereocenters. The zero-order valence-corrected chi connectivity index (χ0v) is 13.8. The minimum Gasteiger partial charge on any atom is -0.386 e.